The number of benzene rings is 1. The van der Waals surface area contributed by atoms with Crippen LogP contribution in [-0.2, 0) is 11.3 Å². The van der Waals surface area contributed by atoms with Crippen LogP contribution in [0.2, 0.25) is 0 Å². The first-order valence-corrected chi connectivity index (χ1v) is 6.86. The van der Waals surface area contributed by atoms with Gasteiger partial charge >= 0.3 is 12.1 Å². The number of morpholine rings is 1. The summed E-state index contributed by atoms with van der Waals surface area (Å²) < 4.78 is 18.9. The molecule has 0 bridgehead atoms. The summed E-state index contributed by atoms with van der Waals surface area (Å²) in [5.74, 6) is -0.374. The van der Waals surface area contributed by atoms with E-state index in [-0.39, 0.29) is 18.9 Å². The zero-order valence-corrected chi connectivity index (χ0v) is 12.3. The van der Waals surface area contributed by atoms with Crippen molar-refractivity contribution in [3.8, 4) is 0 Å². The number of hydrogen-bond acceptors (Lipinski definition) is 4. The Balaban J connectivity index is 2.17. The van der Waals surface area contributed by atoms with Crippen molar-refractivity contribution in [2.45, 2.75) is 12.6 Å². The molecule has 1 fully saturated rings. The Kier molecular flexibility index (Phi) is 4.94. The number of amides is 4. The highest BCUT2D eigenvalue weighted by Crippen LogP contribution is 2.26. The molecule has 1 aliphatic rings. The molecule has 1 saturated heterocycles. The average molecular weight is 310 g/mol. The van der Waals surface area contributed by atoms with E-state index in [9.17, 15) is 14.0 Å². The van der Waals surface area contributed by atoms with Crippen molar-refractivity contribution in [2.75, 3.05) is 26.7 Å². The summed E-state index contributed by atoms with van der Waals surface area (Å²) >= 11 is 0. The first-order valence-electron chi connectivity index (χ1n) is 6.86. The van der Waals surface area contributed by atoms with E-state index in [1.165, 1.54) is 24.1 Å². The average Bonchev–Trinajstić information content (AvgIpc) is 2.53. The number of imide groups is 1. The standard InChI is InChI=1S/C14H19FN4O3/c1-18(13(17)20)14(21)19-4-5-22-12(8-19)11-3-2-10(15)6-9(11)7-16/h2-3,6,12H,4-5,7-8,16H2,1H3,(H2,17,20). The van der Waals surface area contributed by atoms with Crippen LogP contribution in [0, 0.1) is 5.82 Å². The molecule has 1 aromatic carbocycles. The van der Waals surface area contributed by atoms with Crippen molar-refractivity contribution in [3.05, 3.63) is 35.1 Å². The summed E-state index contributed by atoms with van der Waals surface area (Å²) in [7, 11) is 1.32. The van der Waals surface area contributed by atoms with Crippen LogP contribution in [0.1, 0.15) is 17.2 Å². The molecule has 0 radical (unpaired) electrons. The summed E-state index contributed by atoms with van der Waals surface area (Å²) in [6.45, 7) is 1.08. The number of primary amides is 1. The lowest BCUT2D eigenvalue weighted by molar-refractivity contribution is -0.0187. The maximum Gasteiger partial charge on any atom is 0.328 e. The molecule has 120 valence electrons. The van der Waals surface area contributed by atoms with Gasteiger partial charge in [0.2, 0.25) is 0 Å². The van der Waals surface area contributed by atoms with Crippen molar-refractivity contribution in [2.24, 2.45) is 11.5 Å². The smallest absolute Gasteiger partial charge is 0.328 e. The second-order valence-corrected chi connectivity index (χ2v) is 5.03. The van der Waals surface area contributed by atoms with Gasteiger partial charge in [-0.3, -0.25) is 0 Å². The van der Waals surface area contributed by atoms with Crippen LogP contribution < -0.4 is 11.5 Å². The number of carbonyl (C=O) groups excluding carboxylic acids is 2. The third-order valence-corrected chi connectivity index (χ3v) is 3.63. The molecule has 1 atom stereocenters. The highest BCUT2D eigenvalue weighted by Gasteiger charge is 2.29. The van der Waals surface area contributed by atoms with Gasteiger partial charge in [-0.2, -0.15) is 0 Å². The number of nitrogens with two attached hydrogens (primary N) is 2. The van der Waals surface area contributed by atoms with E-state index in [1.807, 2.05) is 0 Å². The first-order chi connectivity index (χ1) is 10.4. The Labute approximate surface area is 127 Å². The third kappa shape index (κ3) is 3.34. The van der Waals surface area contributed by atoms with Gasteiger partial charge in [-0.1, -0.05) is 6.07 Å². The summed E-state index contributed by atoms with van der Waals surface area (Å²) in [5.41, 5.74) is 12.1. The summed E-state index contributed by atoms with van der Waals surface area (Å²) in [5, 5.41) is 0. The maximum atomic E-state index is 13.3. The molecule has 0 saturated carbocycles. The van der Waals surface area contributed by atoms with E-state index in [0.29, 0.717) is 18.7 Å². The van der Waals surface area contributed by atoms with Crippen LogP contribution in [0.15, 0.2) is 18.2 Å². The fourth-order valence-corrected chi connectivity index (χ4v) is 2.38. The lowest BCUT2D eigenvalue weighted by atomic mass is 10.0. The second-order valence-electron chi connectivity index (χ2n) is 5.03. The highest BCUT2D eigenvalue weighted by molar-refractivity contribution is 5.92. The zero-order chi connectivity index (χ0) is 16.3. The Morgan fingerprint density at radius 3 is 2.86 bits per heavy atom. The van der Waals surface area contributed by atoms with Gasteiger partial charge in [0.1, 0.15) is 11.9 Å². The highest BCUT2D eigenvalue weighted by atomic mass is 19.1. The normalized spacial score (nSPS) is 18.1. The molecule has 22 heavy (non-hydrogen) atoms. The summed E-state index contributed by atoms with van der Waals surface area (Å²) in [6.07, 6.45) is -0.418. The number of ether oxygens (including phenoxy) is 1. The number of rotatable bonds is 2. The van der Waals surface area contributed by atoms with Gasteiger partial charge < -0.3 is 21.1 Å². The predicted octanol–water partition coefficient (Wildman–Crippen LogP) is 0.788. The predicted molar refractivity (Wildman–Crippen MR) is 77.3 cm³/mol. The van der Waals surface area contributed by atoms with Gasteiger partial charge in [0.15, 0.2) is 0 Å². The van der Waals surface area contributed by atoms with Crippen molar-refractivity contribution in [1.29, 1.82) is 0 Å². The molecule has 4 amide bonds. The van der Waals surface area contributed by atoms with Gasteiger partial charge in [0.05, 0.1) is 13.2 Å². The molecule has 1 aliphatic heterocycles. The van der Waals surface area contributed by atoms with Crippen LogP contribution in [-0.4, -0.2) is 48.6 Å². The number of urea groups is 2. The topological polar surface area (TPSA) is 102 Å². The number of halogens is 1. The van der Waals surface area contributed by atoms with Gasteiger partial charge in [-0.15, -0.1) is 0 Å². The van der Waals surface area contributed by atoms with E-state index in [4.69, 9.17) is 16.2 Å². The molecule has 2 rings (SSSR count). The minimum absolute atomic E-state index is 0.169. The molecular weight excluding hydrogens is 291 g/mol. The van der Waals surface area contributed by atoms with Gasteiger partial charge in [0, 0.05) is 20.1 Å². The van der Waals surface area contributed by atoms with Crippen LogP contribution in [0.5, 0.6) is 0 Å². The molecular formula is C14H19FN4O3. The molecule has 1 unspecified atom stereocenters. The first kappa shape index (κ1) is 16.2. The summed E-state index contributed by atoms with van der Waals surface area (Å²) in [6, 6.07) is 2.98. The van der Waals surface area contributed by atoms with Crippen LogP contribution >= 0.6 is 0 Å². The minimum Gasteiger partial charge on any atom is -0.370 e. The summed E-state index contributed by atoms with van der Waals surface area (Å²) in [4.78, 5) is 25.5. The van der Waals surface area contributed by atoms with Gasteiger partial charge in [0.25, 0.3) is 0 Å². The molecule has 1 heterocycles. The fourth-order valence-electron chi connectivity index (χ4n) is 2.38. The minimum atomic E-state index is -0.822. The number of carbonyl (C=O) groups is 2. The SMILES string of the molecule is CN(C(N)=O)C(=O)N1CCOC(c2ccc(F)cc2CN)C1. The monoisotopic (exact) mass is 310 g/mol. The Morgan fingerprint density at radius 1 is 1.50 bits per heavy atom. The lowest BCUT2D eigenvalue weighted by Crippen LogP contribution is -2.50. The number of hydrogen-bond donors (Lipinski definition) is 2. The Bertz CT molecular complexity index is 581. The third-order valence-electron chi connectivity index (χ3n) is 3.63. The molecule has 8 heteroatoms. The van der Waals surface area contributed by atoms with Gasteiger partial charge in [-0.25, -0.2) is 18.9 Å². The second kappa shape index (κ2) is 6.71. The van der Waals surface area contributed by atoms with Crippen LogP contribution in [0.25, 0.3) is 0 Å². The maximum absolute atomic E-state index is 13.3. The van der Waals surface area contributed by atoms with Crippen molar-refractivity contribution in [1.82, 2.24) is 9.80 Å². The van der Waals surface area contributed by atoms with Crippen LogP contribution in [0.3, 0.4) is 0 Å². The zero-order valence-electron chi connectivity index (χ0n) is 12.3. The lowest BCUT2D eigenvalue weighted by Gasteiger charge is -2.35. The van der Waals surface area contributed by atoms with Crippen molar-refractivity contribution < 1.29 is 18.7 Å². The quantitative estimate of drug-likeness (QED) is 0.843. The Hall–Kier alpha value is -2.19. The molecule has 1 aromatic rings. The largest absolute Gasteiger partial charge is 0.370 e. The van der Waals surface area contributed by atoms with Crippen molar-refractivity contribution in [3.63, 3.8) is 0 Å². The number of nitrogens with zero attached hydrogens (tertiary/aromatic N) is 2. The van der Waals surface area contributed by atoms with Crippen molar-refractivity contribution >= 4 is 12.1 Å². The fraction of sp³-hybridized carbons (Fsp3) is 0.429. The molecule has 4 N–H and O–H groups in total. The van der Waals surface area contributed by atoms with E-state index in [2.05, 4.69) is 0 Å². The van der Waals surface area contributed by atoms with E-state index >= 15 is 0 Å². The molecule has 7 nitrogen and oxygen atoms in total. The Morgan fingerprint density at radius 2 is 2.23 bits per heavy atom. The van der Waals surface area contributed by atoms with E-state index < -0.39 is 18.2 Å². The molecule has 0 aliphatic carbocycles. The van der Waals surface area contributed by atoms with Gasteiger partial charge in [-0.05, 0) is 23.3 Å². The molecule has 0 aromatic heterocycles. The van der Waals surface area contributed by atoms with E-state index in [0.717, 1.165) is 10.5 Å². The molecule has 0 spiro atoms. The van der Waals surface area contributed by atoms with Crippen LogP contribution in [0.4, 0.5) is 14.0 Å². The van der Waals surface area contributed by atoms with E-state index in [1.54, 1.807) is 6.07 Å².